The molecule has 0 spiro atoms. The molecule has 0 unspecified atom stereocenters. The molecule has 5 heterocycles. The van der Waals surface area contributed by atoms with Crippen molar-refractivity contribution in [2.75, 3.05) is 4.90 Å². The van der Waals surface area contributed by atoms with E-state index in [0.29, 0.717) is 52.0 Å². The highest BCUT2D eigenvalue weighted by molar-refractivity contribution is 7.85. The molecule has 0 amide bonds. The van der Waals surface area contributed by atoms with Crippen molar-refractivity contribution in [2.24, 2.45) is 0 Å². The van der Waals surface area contributed by atoms with Gasteiger partial charge in [-0.2, -0.15) is 0 Å². The summed E-state index contributed by atoms with van der Waals surface area (Å²) < 4.78 is 46.6. The van der Waals surface area contributed by atoms with E-state index in [9.17, 15) is 22.9 Å². The predicted octanol–water partition coefficient (Wildman–Crippen LogP) is 5.04. The highest BCUT2D eigenvalue weighted by Crippen LogP contribution is 2.46. The average Bonchev–Trinajstić information content (AvgIpc) is 3.76. The predicted molar refractivity (Wildman–Crippen MR) is 153 cm³/mol. The van der Waals surface area contributed by atoms with Crippen molar-refractivity contribution in [1.82, 2.24) is 4.58 Å². The number of aromatic carboxylic acids is 1. The van der Waals surface area contributed by atoms with E-state index in [0.717, 1.165) is 17.1 Å². The highest BCUT2D eigenvalue weighted by atomic mass is 32.2. The van der Waals surface area contributed by atoms with Crippen LogP contribution in [0.15, 0.2) is 63.9 Å². The van der Waals surface area contributed by atoms with Crippen LogP contribution in [-0.4, -0.2) is 48.2 Å². The Kier molecular flexibility index (Phi) is 5.44. The molecule has 4 fully saturated rings. The zero-order chi connectivity index (χ0) is 28.0. The van der Waals surface area contributed by atoms with Crippen molar-refractivity contribution in [3.8, 4) is 22.5 Å². The number of hydrogen-bond donors (Lipinski definition) is 1. The van der Waals surface area contributed by atoms with Crippen LogP contribution in [-0.2, 0) is 10.1 Å². The van der Waals surface area contributed by atoms with E-state index < -0.39 is 21.0 Å². The number of rotatable bonds is 4. The number of nitrogens with zero attached hydrogens (tertiary/aromatic N) is 2. The van der Waals surface area contributed by atoms with Gasteiger partial charge < -0.3 is 19.0 Å². The quantitative estimate of drug-likeness (QED) is 0.208. The van der Waals surface area contributed by atoms with Crippen LogP contribution >= 0.6 is 0 Å². The Balaban J connectivity index is 1.42. The summed E-state index contributed by atoms with van der Waals surface area (Å²) in [6, 6.07) is 17.9. The van der Waals surface area contributed by atoms with Crippen LogP contribution in [0, 0.1) is 0 Å². The van der Waals surface area contributed by atoms with Crippen molar-refractivity contribution in [2.45, 2.75) is 80.4 Å². The van der Waals surface area contributed by atoms with Gasteiger partial charge in [-0.05, 0) is 56.0 Å². The number of carboxylic acid groups (broad SMARTS) is 1. The van der Waals surface area contributed by atoms with Crippen LogP contribution in [0.1, 0.15) is 61.7 Å². The fourth-order valence-corrected chi connectivity index (χ4v) is 8.93. The molecule has 0 atom stereocenters. The van der Waals surface area contributed by atoms with Gasteiger partial charge in [0.05, 0.1) is 16.5 Å². The molecule has 210 valence electrons. The zero-order valence-electron chi connectivity index (χ0n) is 22.5. The molecule has 8 rings (SSSR count). The van der Waals surface area contributed by atoms with Crippen molar-refractivity contribution in [1.29, 1.82) is 0 Å². The fourth-order valence-electron chi connectivity index (χ4n) is 8.22. The first-order chi connectivity index (χ1) is 19.8. The summed E-state index contributed by atoms with van der Waals surface area (Å²) >= 11 is 0. The van der Waals surface area contributed by atoms with Crippen molar-refractivity contribution < 1.29 is 27.3 Å². The largest absolute Gasteiger partial charge is 0.744 e. The lowest BCUT2D eigenvalue weighted by atomic mass is 9.92. The van der Waals surface area contributed by atoms with Crippen molar-refractivity contribution in [3.63, 3.8) is 0 Å². The molecule has 8 nitrogen and oxygen atoms in total. The Labute approximate surface area is 237 Å². The first-order valence-corrected chi connectivity index (χ1v) is 15.9. The van der Waals surface area contributed by atoms with Gasteiger partial charge >= 0.3 is 5.97 Å². The molecule has 1 aliphatic carbocycles. The smallest absolute Gasteiger partial charge is 0.335 e. The molecule has 5 aliphatic heterocycles. The summed E-state index contributed by atoms with van der Waals surface area (Å²) in [5.74, 6) is -0.691. The van der Waals surface area contributed by atoms with Gasteiger partial charge in [0.15, 0.2) is 12.1 Å². The van der Waals surface area contributed by atoms with E-state index in [1.54, 1.807) is 0 Å². The van der Waals surface area contributed by atoms with E-state index in [2.05, 4.69) is 21.6 Å². The van der Waals surface area contributed by atoms with E-state index in [-0.39, 0.29) is 11.1 Å². The summed E-state index contributed by atoms with van der Waals surface area (Å²) in [6.45, 7) is 0. The third kappa shape index (κ3) is 3.85. The second-order valence-corrected chi connectivity index (χ2v) is 13.4. The SMILES string of the molecule is O=C(O)c1ccc(-c2c3ccc(=[N+]4C5CCC4CC5)cc-3oc3cc(N4C5CCC4CC5)ccc23)c(S(=O)(=O)[O-])c1. The molecule has 0 aromatic heterocycles. The second kappa shape index (κ2) is 8.90. The lowest BCUT2D eigenvalue weighted by molar-refractivity contribution is 0.0696. The lowest BCUT2D eigenvalue weighted by Gasteiger charge is -2.25. The highest BCUT2D eigenvalue weighted by Gasteiger charge is 2.44. The number of carboxylic acids is 1. The standard InChI is InChI=1S/C32H30N2O6S/c35-32(36)18-1-12-27(30(15-18)41(37,38)39)31-25-13-10-23(33-19-2-3-20(33)5-4-19)16-28(25)40-29-17-24(11-14-26(29)31)34-21-6-7-22(34)9-8-21/h1,10-17,19-22H,2-9H2,(H-,35,36,37,38,39). The van der Waals surface area contributed by atoms with E-state index >= 15 is 0 Å². The molecule has 2 aromatic carbocycles. The molecular formula is C32H30N2O6S. The molecule has 4 bridgehead atoms. The van der Waals surface area contributed by atoms with Crippen LogP contribution in [0.4, 0.5) is 5.69 Å². The zero-order valence-corrected chi connectivity index (χ0v) is 23.3. The van der Waals surface area contributed by atoms with Crippen LogP contribution in [0.25, 0.3) is 33.4 Å². The van der Waals surface area contributed by atoms with E-state index in [4.69, 9.17) is 4.42 Å². The average molecular weight is 571 g/mol. The number of fused-ring (bicyclic) bond motifs is 6. The molecule has 0 radical (unpaired) electrons. The molecule has 9 heteroatoms. The van der Waals surface area contributed by atoms with Gasteiger partial charge in [0, 0.05) is 77.7 Å². The molecule has 4 saturated heterocycles. The van der Waals surface area contributed by atoms with Gasteiger partial charge in [-0.15, -0.1) is 0 Å². The first-order valence-electron chi connectivity index (χ1n) is 14.5. The molecule has 2 aromatic rings. The third-order valence-electron chi connectivity index (χ3n) is 9.96. The first kappa shape index (κ1) is 25.1. The van der Waals surface area contributed by atoms with Gasteiger partial charge in [0.25, 0.3) is 0 Å². The van der Waals surface area contributed by atoms with Crippen molar-refractivity contribution in [3.05, 3.63) is 65.5 Å². The van der Waals surface area contributed by atoms with E-state index in [1.807, 2.05) is 24.3 Å². The van der Waals surface area contributed by atoms with Crippen LogP contribution in [0.3, 0.4) is 0 Å². The van der Waals surface area contributed by atoms with Crippen LogP contribution in [0.5, 0.6) is 0 Å². The van der Waals surface area contributed by atoms with Crippen molar-refractivity contribution >= 4 is 32.7 Å². The second-order valence-electron chi connectivity index (χ2n) is 12.0. The maximum Gasteiger partial charge on any atom is 0.335 e. The number of hydrogen-bond acceptors (Lipinski definition) is 6. The Hall–Kier alpha value is -3.69. The maximum absolute atomic E-state index is 12.5. The van der Waals surface area contributed by atoms with E-state index in [1.165, 1.54) is 63.5 Å². The Morgan fingerprint density at radius 2 is 1.51 bits per heavy atom. The lowest BCUT2D eigenvalue weighted by Crippen LogP contribution is -2.33. The molecule has 0 saturated carbocycles. The molecule has 1 N–H and O–H groups in total. The third-order valence-corrected chi connectivity index (χ3v) is 10.8. The monoisotopic (exact) mass is 570 g/mol. The fraction of sp³-hybridized carbons (Fsp3) is 0.375. The summed E-state index contributed by atoms with van der Waals surface area (Å²) in [7, 11) is -4.99. The number of benzene rings is 3. The number of carbonyl (C=O) groups is 1. The van der Waals surface area contributed by atoms with Crippen LogP contribution in [0.2, 0.25) is 0 Å². The summed E-state index contributed by atoms with van der Waals surface area (Å²) in [4.78, 5) is 13.6. The minimum absolute atomic E-state index is 0.179. The Morgan fingerprint density at radius 3 is 2.15 bits per heavy atom. The molecule has 6 aliphatic rings. The Morgan fingerprint density at radius 1 is 0.854 bits per heavy atom. The minimum Gasteiger partial charge on any atom is -0.744 e. The summed E-state index contributed by atoms with van der Waals surface area (Å²) in [6.07, 6.45) is 9.48. The summed E-state index contributed by atoms with van der Waals surface area (Å²) in [5.41, 5.74) is 2.85. The van der Waals surface area contributed by atoms with Gasteiger partial charge in [-0.25, -0.2) is 17.8 Å². The maximum atomic E-state index is 12.5. The Bertz CT molecular complexity index is 1870. The van der Waals surface area contributed by atoms with Gasteiger partial charge in [0.2, 0.25) is 5.36 Å². The topological polar surface area (TPSA) is 114 Å². The minimum atomic E-state index is -4.99. The molecule has 41 heavy (non-hydrogen) atoms. The molecular weight excluding hydrogens is 540 g/mol. The van der Waals surface area contributed by atoms with Gasteiger partial charge in [-0.3, -0.25) is 0 Å². The van der Waals surface area contributed by atoms with Gasteiger partial charge in [0.1, 0.15) is 21.5 Å². The normalized spacial score (nSPS) is 25.2. The van der Waals surface area contributed by atoms with Gasteiger partial charge in [-0.1, -0.05) is 6.07 Å². The number of anilines is 1. The van der Waals surface area contributed by atoms with Crippen LogP contribution < -0.4 is 14.8 Å². The summed E-state index contributed by atoms with van der Waals surface area (Å²) in [5, 5.41) is 11.3.